The van der Waals surface area contributed by atoms with E-state index in [1.165, 1.54) is 11.1 Å². The highest BCUT2D eigenvalue weighted by molar-refractivity contribution is 6.70. The molecule has 3 aliphatic rings. The number of hydrogen-bond acceptors (Lipinski definition) is 3. The summed E-state index contributed by atoms with van der Waals surface area (Å²) in [5.74, 6) is 2.44. The third-order valence-electron chi connectivity index (χ3n) is 7.46. The second-order valence-corrected chi connectivity index (χ2v) is 20.6. The van der Waals surface area contributed by atoms with Crippen molar-refractivity contribution in [3.63, 3.8) is 0 Å². The third kappa shape index (κ3) is 3.57. The normalized spacial score (nSPS) is 34.4. The fourth-order valence-electron chi connectivity index (χ4n) is 6.48. The lowest BCUT2D eigenvalue weighted by atomic mass is 9.53. The van der Waals surface area contributed by atoms with Crippen molar-refractivity contribution >= 4 is 22.4 Å². The van der Waals surface area contributed by atoms with Gasteiger partial charge < -0.3 is 8.85 Å². The quantitative estimate of drug-likeness (QED) is 0.526. The van der Waals surface area contributed by atoms with Gasteiger partial charge in [0.25, 0.3) is 0 Å². The summed E-state index contributed by atoms with van der Waals surface area (Å²) in [4.78, 5) is 13.0. The van der Waals surface area contributed by atoms with Gasteiger partial charge in [0.15, 0.2) is 8.32 Å². The van der Waals surface area contributed by atoms with Crippen LogP contribution in [0.25, 0.3) is 0 Å². The van der Waals surface area contributed by atoms with Crippen LogP contribution in [0.15, 0.2) is 18.2 Å². The molecule has 29 heavy (non-hydrogen) atoms. The molecule has 0 spiro atoms. The maximum Gasteiger partial charge on any atom is 0.242 e. The van der Waals surface area contributed by atoms with Gasteiger partial charge in [-0.25, -0.2) is 0 Å². The van der Waals surface area contributed by atoms with E-state index < -0.39 is 16.6 Å². The molecule has 4 atom stereocenters. The number of carbonyl (C=O) groups excluding carboxylic acids is 1. The molecule has 4 unspecified atom stereocenters. The molecule has 1 aromatic rings. The second kappa shape index (κ2) is 6.79. The lowest BCUT2D eigenvalue weighted by Crippen LogP contribution is -2.61. The molecule has 0 bridgehead atoms. The molecule has 4 rings (SSSR count). The predicted molar refractivity (Wildman–Crippen MR) is 124 cm³/mol. The SMILES string of the molecule is CC12CCC3c4ccc(O[Si](C)(C)C)cc4CCC3C1(O[Si](C)(C)C)CCC2=O. The van der Waals surface area contributed by atoms with E-state index in [4.69, 9.17) is 8.85 Å². The van der Waals surface area contributed by atoms with Crippen molar-refractivity contribution < 1.29 is 13.6 Å². The lowest BCUT2D eigenvalue weighted by Gasteiger charge is -2.58. The number of Topliss-reactive ketones (excluding diaryl/α,β-unsaturated/α-hetero) is 1. The maximum absolute atomic E-state index is 13.0. The summed E-state index contributed by atoms with van der Waals surface area (Å²) < 4.78 is 13.3. The van der Waals surface area contributed by atoms with Gasteiger partial charge in [0.1, 0.15) is 11.5 Å². The number of hydrogen-bond donors (Lipinski definition) is 0. The van der Waals surface area contributed by atoms with Crippen LogP contribution in [0.3, 0.4) is 0 Å². The van der Waals surface area contributed by atoms with E-state index in [0.29, 0.717) is 24.0 Å². The van der Waals surface area contributed by atoms with Gasteiger partial charge in [-0.2, -0.15) is 0 Å². The Hall–Kier alpha value is -0.916. The van der Waals surface area contributed by atoms with Crippen LogP contribution in [0, 0.1) is 11.3 Å². The molecule has 5 heteroatoms. The number of fused-ring (bicyclic) bond motifs is 5. The third-order valence-corrected chi connectivity index (χ3v) is 9.29. The van der Waals surface area contributed by atoms with Crippen molar-refractivity contribution in [1.29, 1.82) is 0 Å². The van der Waals surface area contributed by atoms with E-state index in [1.807, 2.05) is 0 Å². The van der Waals surface area contributed by atoms with Crippen LogP contribution in [-0.4, -0.2) is 28.0 Å². The minimum atomic E-state index is -1.79. The Balaban J connectivity index is 1.72. The molecule has 160 valence electrons. The highest BCUT2D eigenvalue weighted by atomic mass is 28.4. The second-order valence-electron chi connectivity index (χ2n) is 11.7. The van der Waals surface area contributed by atoms with Gasteiger partial charge in [0.2, 0.25) is 8.32 Å². The van der Waals surface area contributed by atoms with Crippen LogP contribution >= 0.6 is 0 Å². The zero-order valence-electron chi connectivity index (χ0n) is 19.4. The van der Waals surface area contributed by atoms with Gasteiger partial charge >= 0.3 is 0 Å². The fraction of sp³-hybridized carbons (Fsp3) is 0.708. The highest BCUT2D eigenvalue weighted by Gasteiger charge is 2.66. The van der Waals surface area contributed by atoms with Crippen molar-refractivity contribution in [1.82, 2.24) is 0 Å². The molecule has 2 saturated carbocycles. The first kappa shape index (κ1) is 21.3. The first-order valence-electron chi connectivity index (χ1n) is 11.4. The van der Waals surface area contributed by atoms with Gasteiger partial charge in [0, 0.05) is 6.42 Å². The smallest absolute Gasteiger partial charge is 0.242 e. The Morgan fingerprint density at radius 1 is 0.966 bits per heavy atom. The van der Waals surface area contributed by atoms with E-state index in [0.717, 1.165) is 37.9 Å². The first-order valence-corrected chi connectivity index (χ1v) is 18.2. The van der Waals surface area contributed by atoms with Crippen molar-refractivity contribution in [3.8, 4) is 5.75 Å². The van der Waals surface area contributed by atoms with Crippen LogP contribution in [0.1, 0.15) is 56.1 Å². The summed E-state index contributed by atoms with van der Waals surface area (Å²) in [6, 6.07) is 6.80. The molecule has 0 amide bonds. The molecule has 0 N–H and O–H groups in total. The van der Waals surface area contributed by atoms with Crippen LogP contribution in [0.2, 0.25) is 39.3 Å². The van der Waals surface area contributed by atoms with Gasteiger partial charge in [-0.1, -0.05) is 6.07 Å². The van der Waals surface area contributed by atoms with Gasteiger partial charge in [-0.05, 0) is 113 Å². The van der Waals surface area contributed by atoms with Crippen molar-refractivity contribution in [2.24, 2.45) is 11.3 Å². The van der Waals surface area contributed by atoms with Gasteiger partial charge in [0.05, 0.1) is 11.0 Å². The van der Waals surface area contributed by atoms with Gasteiger partial charge in [-0.3, -0.25) is 4.79 Å². The summed E-state index contributed by atoms with van der Waals surface area (Å²) in [5, 5.41) is 0. The maximum atomic E-state index is 13.0. The summed E-state index contributed by atoms with van der Waals surface area (Å²) in [5.41, 5.74) is 2.39. The number of rotatable bonds is 4. The Kier molecular flexibility index (Phi) is 4.99. The summed E-state index contributed by atoms with van der Waals surface area (Å²) in [7, 11) is -3.39. The van der Waals surface area contributed by atoms with Crippen LogP contribution in [0.4, 0.5) is 0 Å². The predicted octanol–water partition coefficient (Wildman–Crippen LogP) is 6.30. The number of benzene rings is 1. The number of aryl methyl sites for hydroxylation is 1. The zero-order valence-corrected chi connectivity index (χ0v) is 21.4. The minimum absolute atomic E-state index is 0.261. The minimum Gasteiger partial charge on any atom is -0.544 e. The topological polar surface area (TPSA) is 35.5 Å². The molecular weight excluding hydrogens is 392 g/mol. The molecule has 0 aromatic heterocycles. The van der Waals surface area contributed by atoms with E-state index in [9.17, 15) is 4.79 Å². The van der Waals surface area contributed by atoms with E-state index in [1.54, 1.807) is 0 Å². The Bertz CT molecular complexity index is 822. The summed E-state index contributed by atoms with van der Waals surface area (Å²) >= 11 is 0. The largest absolute Gasteiger partial charge is 0.544 e. The van der Waals surface area contributed by atoms with Crippen molar-refractivity contribution in [2.45, 2.75) is 96.2 Å². The summed E-state index contributed by atoms with van der Waals surface area (Å²) in [6.45, 7) is 15.8. The lowest BCUT2D eigenvalue weighted by molar-refractivity contribution is -0.151. The highest BCUT2D eigenvalue weighted by Crippen LogP contribution is 2.64. The molecule has 0 radical (unpaired) electrons. The molecule has 3 nitrogen and oxygen atoms in total. The molecule has 1 aromatic carbocycles. The molecule has 0 heterocycles. The molecule has 0 aliphatic heterocycles. The molecule has 0 saturated heterocycles. The standard InChI is InChI=1S/C24H38O3Si2/c1-23-14-12-20-19-10-9-18(26-28(2,3)4)16-17(19)8-11-21(20)24(23,15-13-22(23)25)27-29(5,6)7/h9-10,16,20-21H,8,11-15H2,1-7H3. The van der Waals surface area contributed by atoms with E-state index >= 15 is 0 Å². The monoisotopic (exact) mass is 430 g/mol. The fourth-order valence-corrected chi connectivity index (χ4v) is 8.89. The van der Waals surface area contributed by atoms with Crippen LogP contribution < -0.4 is 4.43 Å². The average molecular weight is 431 g/mol. The first-order chi connectivity index (χ1) is 13.3. The van der Waals surface area contributed by atoms with E-state index in [2.05, 4.69) is 64.4 Å². The van der Waals surface area contributed by atoms with Crippen LogP contribution in [0.5, 0.6) is 5.75 Å². The Morgan fingerprint density at radius 3 is 2.34 bits per heavy atom. The number of carbonyl (C=O) groups is 1. The zero-order chi connectivity index (χ0) is 21.2. The summed E-state index contributed by atoms with van der Waals surface area (Å²) in [6.07, 6.45) is 5.87. The van der Waals surface area contributed by atoms with Crippen LogP contribution in [-0.2, 0) is 15.6 Å². The Labute approximate surface area is 178 Å². The molecule has 2 fully saturated rings. The number of ketones is 1. The van der Waals surface area contributed by atoms with Crippen molar-refractivity contribution in [3.05, 3.63) is 29.3 Å². The Morgan fingerprint density at radius 2 is 1.69 bits per heavy atom. The molecular formula is C24H38O3Si2. The van der Waals surface area contributed by atoms with Crippen molar-refractivity contribution in [2.75, 3.05) is 0 Å². The van der Waals surface area contributed by atoms with E-state index in [-0.39, 0.29) is 11.0 Å². The molecule has 3 aliphatic carbocycles. The average Bonchev–Trinajstić information content (AvgIpc) is 2.83. The van der Waals surface area contributed by atoms with Gasteiger partial charge in [-0.15, -0.1) is 0 Å².